The van der Waals surface area contributed by atoms with Crippen molar-refractivity contribution in [3.8, 4) is 0 Å². The molecule has 5 heteroatoms. The third-order valence-corrected chi connectivity index (χ3v) is 1.77. The zero-order valence-corrected chi connectivity index (χ0v) is 9.98. The molecule has 1 heterocycles. The molecule has 0 spiro atoms. The van der Waals surface area contributed by atoms with Gasteiger partial charge < -0.3 is 4.74 Å². The first-order valence-corrected chi connectivity index (χ1v) is 5.03. The van der Waals surface area contributed by atoms with Gasteiger partial charge in [-0.2, -0.15) is 5.10 Å². The number of ether oxygens (including phenoxy) is 1. The molecule has 1 rings (SSSR count). The zero-order valence-electron chi connectivity index (χ0n) is 9.98. The second-order valence-corrected chi connectivity index (χ2v) is 4.60. The Morgan fingerprint density at radius 2 is 2.12 bits per heavy atom. The summed E-state index contributed by atoms with van der Waals surface area (Å²) in [6.45, 7) is 7.09. The molecule has 0 aliphatic rings. The lowest BCUT2D eigenvalue weighted by Crippen LogP contribution is -2.27. The van der Waals surface area contributed by atoms with Crippen molar-refractivity contribution in [1.29, 1.82) is 0 Å². The van der Waals surface area contributed by atoms with Crippen molar-refractivity contribution in [3.63, 3.8) is 0 Å². The van der Waals surface area contributed by atoms with Gasteiger partial charge in [-0.05, 0) is 27.7 Å². The summed E-state index contributed by atoms with van der Waals surface area (Å²) in [6.07, 6.45) is 2.73. The van der Waals surface area contributed by atoms with Gasteiger partial charge in [0, 0.05) is 11.8 Å². The maximum absolute atomic E-state index is 11.5. The number of carbonyl (C=O) groups excluding carboxylic acids is 1. The highest BCUT2D eigenvalue weighted by molar-refractivity contribution is 5.69. The Morgan fingerprint density at radius 1 is 1.50 bits per heavy atom. The predicted octanol–water partition coefficient (Wildman–Crippen LogP) is 0.893. The molecule has 0 fully saturated rings. The summed E-state index contributed by atoms with van der Waals surface area (Å²) in [6, 6.07) is 0. The zero-order chi connectivity index (χ0) is 12.3. The Morgan fingerprint density at radius 3 is 2.62 bits per heavy atom. The maximum atomic E-state index is 11.5. The SMILES string of the molecule is Cc1cn(CC(=O)OC(C)(C)C)ncc1=O. The van der Waals surface area contributed by atoms with Gasteiger partial charge in [0.25, 0.3) is 0 Å². The first-order valence-electron chi connectivity index (χ1n) is 5.03. The van der Waals surface area contributed by atoms with Crippen LogP contribution < -0.4 is 5.43 Å². The van der Waals surface area contributed by atoms with E-state index in [9.17, 15) is 9.59 Å². The van der Waals surface area contributed by atoms with Crippen LogP contribution in [-0.2, 0) is 16.1 Å². The summed E-state index contributed by atoms with van der Waals surface area (Å²) in [5.74, 6) is -0.372. The second kappa shape index (κ2) is 4.47. The number of aromatic nitrogens is 2. The standard InChI is InChI=1S/C11H16N2O3/c1-8-6-13(12-5-9(8)14)7-10(15)16-11(2,3)4/h5-6H,7H2,1-4H3. The van der Waals surface area contributed by atoms with E-state index in [2.05, 4.69) is 5.10 Å². The minimum atomic E-state index is -0.509. The van der Waals surface area contributed by atoms with Crippen molar-refractivity contribution in [1.82, 2.24) is 9.78 Å². The highest BCUT2D eigenvalue weighted by Crippen LogP contribution is 2.07. The van der Waals surface area contributed by atoms with Gasteiger partial charge in [-0.15, -0.1) is 0 Å². The monoisotopic (exact) mass is 224 g/mol. The van der Waals surface area contributed by atoms with E-state index in [1.165, 1.54) is 17.1 Å². The van der Waals surface area contributed by atoms with Crippen molar-refractivity contribution in [2.75, 3.05) is 0 Å². The molecule has 0 aliphatic heterocycles. The normalized spacial score (nSPS) is 11.2. The molecule has 0 amide bonds. The number of hydrogen-bond acceptors (Lipinski definition) is 4. The number of rotatable bonds is 2. The quantitative estimate of drug-likeness (QED) is 0.700. The minimum absolute atomic E-state index is 0.0123. The largest absolute Gasteiger partial charge is 0.459 e. The molecular weight excluding hydrogens is 208 g/mol. The van der Waals surface area contributed by atoms with Crippen molar-refractivity contribution >= 4 is 5.97 Å². The van der Waals surface area contributed by atoms with Crippen LogP contribution in [0.4, 0.5) is 0 Å². The Balaban J connectivity index is 2.71. The molecule has 0 aromatic carbocycles. The molecule has 1 aromatic heterocycles. The highest BCUT2D eigenvalue weighted by atomic mass is 16.6. The topological polar surface area (TPSA) is 61.2 Å². The Hall–Kier alpha value is -1.65. The maximum Gasteiger partial charge on any atom is 0.328 e. The van der Waals surface area contributed by atoms with Gasteiger partial charge in [0.1, 0.15) is 12.1 Å². The van der Waals surface area contributed by atoms with Gasteiger partial charge in [0.15, 0.2) is 0 Å². The molecule has 0 unspecified atom stereocenters. The molecule has 1 aromatic rings. The van der Waals surface area contributed by atoms with Gasteiger partial charge in [-0.3, -0.25) is 14.3 Å². The summed E-state index contributed by atoms with van der Waals surface area (Å²) in [5.41, 5.74) is -0.0930. The van der Waals surface area contributed by atoms with Gasteiger partial charge in [-0.1, -0.05) is 0 Å². The number of esters is 1. The van der Waals surface area contributed by atoms with Crippen LogP contribution in [0, 0.1) is 6.92 Å². The number of carbonyl (C=O) groups is 1. The predicted molar refractivity (Wildman–Crippen MR) is 59.1 cm³/mol. The summed E-state index contributed by atoms with van der Waals surface area (Å²) in [7, 11) is 0. The van der Waals surface area contributed by atoms with E-state index in [0.29, 0.717) is 5.56 Å². The molecule has 16 heavy (non-hydrogen) atoms. The lowest BCUT2D eigenvalue weighted by atomic mass is 10.2. The van der Waals surface area contributed by atoms with Crippen molar-refractivity contribution in [2.45, 2.75) is 39.8 Å². The first-order chi connectivity index (χ1) is 7.28. The lowest BCUT2D eigenvalue weighted by Gasteiger charge is -2.19. The third-order valence-electron chi connectivity index (χ3n) is 1.77. The molecule has 0 bridgehead atoms. The van der Waals surface area contributed by atoms with E-state index in [-0.39, 0.29) is 17.9 Å². The van der Waals surface area contributed by atoms with Crippen LogP contribution in [0.1, 0.15) is 26.3 Å². The number of aryl methyl sites for hydroxylation is 1. The number of nitrogens with zero attached hydrogens (tertiary/aromatic N) is 2. The van der Waals surface area contributed by atoms with E-state index >= 15 is 0 Å². The summed E-state index contributed by atoms with van der Waals surface area (Å²) >= 11 is 0. The lowest BCUT2D eigenvalue weighted by molar-refractivity contribution is -0.155. The van der Waals surface area contributed by atoms with Gasteiger partial charge >= 0.3 is 5.97 Å². The van der Waals surface area contributed by atoms with Gasteiger partial charge in [0.05, 0.1) is 6.20 Å². The van der Waals surface area contributed by atoms with E-state index in [0.717, 1.165) is 0 Å². The van der Waals surface area contributed by atoms with Crippen molar-refractivity contribution in [3.05, 3.63) is 28.2 Å². The average Bonchev–Trinajstić information content (AvgIpc) is 2.08. The molecule has 88 valence electrons. The van der Waals surface area contributed by atoms with Crippen molar-refractivity contribution < 1.29 is 9.53 Å². The van der Waals surface area contributed by atoms with Crippen molar-refractivity contribution in [2.24, 2.45) is 0 Å². The van der Waals surface area contributed by atoms with Crippen LogP contribution in [-0.4, -0.2) is 21.4 Å². The average molecular weight is 224 g/mol. The molecule has 5 nitrogen and oxygen atoms in total. The molecule has 0 aliphatic carbocycles. The minimum Gasteiger partial charge on any atom is -0.459 e. The van der Waals surface area contributed by atoms with E-state index < -0.39 is 5.60 Å². The van der Waals surface area contributed by atoms with Gasteiger partial charge in [0.2, 0.25) is 5.43 Å². The van der Waals surface area contributed by atoms with Crippen LogP contribution in [0.25, 0.3) is 0 Å². The van der Waals surface area contributed by atoms with Crippen LogP contribution >= 0.6 is 0 Å². The summed E-state index contributed by atoms with van der Waals surface area (Å²) < 4.78 is 6.53. The Kier molecular flexibility index (Phi) is 3.47. The molecular formula is C11H16N2O3. The van der Waals surface area contributed by atoms with Gasteiger partial charge in [-0.25, -0.2) is 0 Å². The summed E-state index contributed by atoms with van der Waals surface area (Å²) in [4.78, 5) is 22.6. The second-order valence-electron chi connectivity index (χ2n) is 4.60. The fraction of sp³-hybridized carbons (Fsp3) is 0.545. The smallest absolute Gasteiger partial charge is 0.328 e. The molecule has 0 N–H and O–H groups in total. The Bertz CT molecular complexity index is 443. The van der Waals surface area contributed by atoms with Crippen LogP contribution in [0.2, 0.25) is 0 Å². The fourth-order valence-electron chi connectivity index (χ4n) is 1.14. The van der Waals surface area contributed by atoms with Crippen LogP contribution in [0.3, 0.4) is 0 Å². The van der Waals surface area contributed by atoms with Crippen LogP contribution in [0.15, 0.2) is 17.2 Å². The molecule has 0 saturated heterocycles. The number of hydrogen-bond donors (Lipinski definition) is 0. The first kappa shape index (κ1) is 12.4. The Labute approximate surface area is 94.0 Å². The van der Waals surface area contributed by atoms with Crippen LogP contribution in [0.5, 0.6) is 0 Å². The molecule has 0 atom stereocenters. The molecule has 0 radical (unpaired) electrons. The van der Waals surface area contributed by atoms with E-state index in [4.69, 9.17) is 4.74 Å². The summed E-state index contributed by atoms with van der Waals surface area (Å²) in [5, 5.41) is 3.81. The molecule has 0 saturated carbocycles. The van der Waals surface area contributed by atoms with E-state index in [1.807, 2.05) is 0 Å². The third kappa shape index (κ3) is 3.84. The fourth-order valence-corrected chi connectivity index (χ4v) is 1.14. The highest BCUT2D eigenvalue weighted by Gasteiger charge is 2.16. The van der Waals surface area contributed by atoms with E-state index in [1.54, 1.807) is 27.7 Å².